The van der Waals surface area contributed by atoms with Gasteiger partial charge in [-0.2, -0.15) is 0 Å². The van der Waals surface area contributed by atoms with Crippen LogP contribution < -0.4 is 0 Å². The second kappa shape index (κ2) is 5.28. The summed E-state index contributed by atoms with van der Waals surface area (Å²) in [5.74, 6) is 0.712. The molecule has 0 bridgehead atoms. The van der Waals surface area contributed by atoms with E-state index >= 15 is 0 Å². The Morgan fingerprint density at radius 2 is 1.57 bits per heavy atom. The van der Waals surface area contributed by atoms with Crippen molar-refractivity contribution in [3.63, 3.8) is 0 Å². The first-order chi connectivity index (χ1) is 9.56. The van der Waals surface area contributed by atoms with Gasteiger partial charge in [-0.1, -0.05) is 41.5 Å². The quantitative estimate of drug-likeness (QED) is 0.816. The number of rotatable bonds is 2. The van der Waals surface area contributed by atoms with Crippen LogP contribution in [0.2, 0.25) is 0 Å². The van der Waals surface area contributed by atoms with Crippen molar-refractivity contribution in [2.24, 2.45) is 5.41 Å². The SMILES string of the molecule is CC(C)(C)[CH]c1[nH]c(C(C)(C)C)nc1-c1ccc(F)cc1. The van der Waals surface area contributed by atoms with Gasteiger partial charge in [-0.25, -0.2) is 9.37 Å². The number of aromatic amines is 1. The average Bonchev–Trinajstić information content (AvgIpc) is 2.71. The number of hydrogen-bond donors (Lipinski definition) is 1. The molecule has 1 radical (unpaired) electrons. The van der Waals surface area contributed by atoms with Crippen LogP contribution in [0.4, 0.5) is 4.39 Å². The van der Waals surface area contributed by atoms with Gasteiger partial charge in [-0.3, -0.25) is 0 Å². The molecule has 1 N–H and O–H groups in total. The van der Waals surface area contributed by atoms with Crippen molar-refractivity contribution >= 4 is 0 Å². The Labute approximate surface area is 126 Å². The van der Waals surface area contributed by atoms with E-state index in [0.29, 0.717) is 0 Å². The number of aromatic nitrogens is 2. The minimum Gasteiger partial charge on any atom is -0.345 e. The molecule has 113 valence electrons. The third-order valence-electron chi connectivity index (χ3n) is 3.14. The summed E-state index contributed by atoms with van der Waals surface area (Å²) in [5, 5.41) is 0. The Kier molecular flexibility index (Phi) is 3.96. The molecule has 2 nitrogen and oxygen atoms in total. The van der Waals surface area contributed by atoms with Crippen molar-refractivity contribution in [2.45, 2.75) is 47.0 Å². The Balaban J connectivity index is 2.51. The normalized spacial score (nSPS) is 12.7. The van der Waals surface area contributed by atoms with Crippen molar-refractivity contribution < 1.29 is 4.39 Å². The Morgan fingerprint density at radius 3 is 2.05 bits per heavy atom. The van der Waals surface area contributed by atoms with Crippen LogP contribution in [0.3, 0.4) is 0 Å². The predicted molar refractivity (Wildman–Crippen MR) is 85.5 cm³/mol. The smallest absolute Gasteiger partial charge is 0.123 e. The molecule has 2 aromatic rings. The molecule has 0 saturated carbocycles. The van der Waals surface area contributed by atoms with Gasteiger partial charge in [0.05, 0.1) is 5.69 Å². The van der Waals surface area contributed by atoms with E-state index in [0.717, 1.165) is 22.8 Å². The topological polar surface area (TPSA) is 28.7 Å². The van der Waals surface area contributed by atoms with Gasteiger partial charge in [0.15, 0.2) is 0 Å². The number of nitrogens with one attached hydrogen (secondary N) is 1. The lowest BCUT2D eigenvalue weighted by Crippen LogP contribution is -2.13. The highest BCUT2D eigenvalue weighted by molar-refractivity contribution is 5.64. The van der Waals surface area contributed by atoms with Crippen LogP contribution in [-0.4, -0.2) is 9.97 Å². The zero-order valence-electron chi connectivity index (χ0n) is 13.7. The number of hydrogen-bond acceptors (Lipinski definition) is 1. The maximum absolute atomic E-state index is 13.1. The monoisotopic (exact) mass is 287 g/mol. The highest BCUT2D eigenvalue weighted by Gasteiger charge is 2.24. The lowest BCUT2D eigenvalue weighted by molar-refractivity contribution is 0.500. The second-order valence-electron chi connectivity index (χ2n) is 7.61. The largest absolute Gasteiger partial charge is 0.345 e. The van der Waals surface area contributed by atoms with E-state index in [9.17, 15) is 4.39 Å². The van der Waals surface area contributed by atoms with Crippen LogP contribution in [0.1, 0.15) is 53.1 Å². The first kappa shape index (κ1) is 15.7. The molecular formula is C18H24FN2. The highest BCUT2D eigenvalue weighted by Crippen LogP contribution is 2.32. The summed E-state index contributed by atoms with van der Waals surface area (Å²) in [6, 6.07) is 6.50. The molecule has 1 aromatic heterocycles. The molecule has 0 aliphatic carbocycles. The number of halogens is 1. The van der Waals surface area contributed by atoms with Crippen LogP contribution in [0.15, 0.2) is 24.3 Å². The van der Waals surface area contributed by atoms with E-state index in [1.165, 1.54) is 12.1 Å². The van der Waals surface area contributed by atoms with E-state index in [2.05, 4.69) is 52.9 Å². The van der Waals surface area contributed by atoms with E-state index in [1.54, 1.807) is 12.1 Å². The fraction of sp³-hybridized carbons (Fsp3) is 0.444. The summed E-state index contributed by atoms with van der Waals surface area (Å²) in [4.78, 5) is 8.19. The molecule has 21 heavy (non-hydrogen) atoms. The molecule has 2 rings (SSSR count). The third-order valence-corrected chi connectivity index (χ3v) is 3.14. The van der Waals surface area contributed by atoms with Crippen molar-refractivity contribution in [3.8, 4) is 11.3 Å². The Hall–Kier alpha value is -1.64. The van der Waals surface area contributed by atoms with Crippen molar-refractivity contribution in [3.05, 3.63) is 48.0 Å². The average molecular weight is 287 g/mol. The summed E-state index contributed by atoms with van der Waals surface area (Å²) in [5.41, 5.74) is 2.79. The summed E-state index contributed by atoms with van der Waals surface area (Å²) in [6.07, 6.45) is 2.17. The highest BCUT2D eigenvalue weighted by atomic mass is 19.1. The molecule has 0 unspecified atom stereocenters. The van der Waals surface area contributed by atoms with E-state index < -0.39 is 0 Å². The molecule has 0 spiro atoms. The van der Waals surface area contributed by atoms with E-state index in [4.69, 9.17) is 4.98 Å². The number of nitrogens with zero attached hydrogens (tertiary/aromatic N) is 1. The number of benzene rings is 1. The van der Waals surface area contributed by atoms with Gasteiger partial charge in [0, 0.05) is 23.1 Å². The maximum Gasteiger partial charge on any atom is 0.123 e. The lowest BCUT2D eigenvalue weighted by Gasteiger charge is -2.17. The standard InChI is InChI=1S/C18H24FN2/c1-17(2,3)11-14-15(12-7-9-13(19)10-8-12)21-16(20-14)18(4,5)6/h7-11H,1-6H3,(H,20,21). The molecule has 3 heteroatoms. The van der Waals surface area contributed by atoms with Gasteiger partial charge in [0.2, 0.25) is 0 Å². The summed E-state index contributed by atoms with van der Waals surface area (Å²) in [7, 11) is 0. The lowest BCUT2D eigenvalue weighted by atomic mass is 9.89. The predicted octanol–water partition coefficient (Wildman–Crippen LogP) is 5.11. The minimum absolute atomic E-state index is 0.0382. The Bertz CT molecular complexity index is 610. The molecule has 0 saturated heterocycles. The molecule has 1 heterocycles. The fourth-order valence-electron chi connectivity index (χ4n) is 2.11. The van der Waals surface area contributed by atoms with E-state index in [-0.39, 0.29) is 16.6 Å². The van der Waals surface area contributed by atoms with Gasteiger partial charge >= 0.3 is 0 Å². The number of imidazole rings is 1. The van der Waals surface area contributed by atoms with Crippen molar-refractivity contribution in [1.29, 1.82) is 0 Å². The van der Waals surface area contributed by atoms with Crippen LogP contribution in [0, 0.1) is 17.7 Å². The van der Waals surface area contributed by atoms with Gasteiger partial charge in [0.1, 0.15) is 11.6 Å². The van der Waals surface area contributed by atoms with Crippen LogP contribution in [0.25, 0.3) is 11.3 Å². The van der Waals surface area contributed by atoms with Crippen LogP contribution in [-0.2, 0) is 5.41 Å². The number of H-pyrrole nitrogens is 1. The van der Waals surface area contributed by atoms with Gasteiger partial charge in [0.25, 0.3) is 0 Å². The van der Waals surface area contributed by atoms with Crippen molar-refractivity contribution in [2.75, 3.05) is 0 Å². The van der Waals surface area contributed by atoms with Crippen molar-refractivity contribution in [1.82, 2.24) is 9.97 Å². The first-order valence-electron chi connectivity index (χ1n) is 7.28. The first-order valence-corrected chi connectivity index (χ1v) is 7.28. The molecule has 0 atom stereocenters. The van der Waals surface area contributed by atoms with Crippen LogP contribution >= 0.6 is 0 Å². The van der Waals surface area contributed by atoms with Gasteiger partial charge in [-0.05, 0) is 29.7 Å². The molecule has 0 fully saturated rings. The zero-order chi connectivity index (χ0) is 15.8. The molecular weight excluding hydrogens is 263 g/mol. The molecule has 0 aliphatic rings. The minimum atomic E-state index is -0.230. The Morgan fingerprint density at radius 1 is 1.00 bits per heavy atom. The summed E-state index contributed by atoms with van der Waals surface area (Å²) >= 11 is 0. The maximum atomic E-state index is 13.1. The molecule has 1 aromatic carbocycles. The third kappa shape index (κ3) is 3.93. The molecule has 0 aliphatic heterocycles. The zero-order valence-corrected chi connectivity index (χ0v) is 13.7. The van der Waals surface area contributed by atoms with Crippen LogP contribution in [0.5, 0.6) is 0 Å². The summed E-state index contributed by atoms with van der Waals surface area (Å²) < 4.78 is 13.1. The fourth-order valence-corrected chi connectivity index (χ4v) is 2.11. The second-order valence-corrected chi connectivity index (χ2v) is 7.61. The van der Waals surface area contributed by atoms with E-state index in [1.807, 2.05) is 0 Å². The van der Waals surface area contributed by atoms with Gasteiger partial charge in [-0.15, -0.1) is 0 Å². The summed E-state index contributed by atoms with van der Waals surface area (Å²) in [6.45, 7) is 12.8. The molecule has 0 amide bonds. The van der Waals surface area contributed by atoms with Gasteiger partial charge < -0.3 is 4.98 Å².